The lowest BCUT2D eigenvalue weighted by atomic mass is 10.1. The van der Waals surface area contributed by atoms with Crippen LogP contribution in [0.25, 0.3) is 11.3 Å². The van der Waals surface area contributed by atoms with Crippen LogP contribution in [0.3, 0.4) is 0 Å². The first kappa shape index (κ1) is 19.0. The highest BCUT2D eigenvalue weighted by Gasteiger charge is 2.20. The zero-order chi connectivity index (χ0) is 19.2. The molecule has 140 valence electrons. The Morgan fingerprint density at radius 2 is 1.74 bits per heavy atom. The number of aromatic nitrogens is 2. The number of hydrogen-bond donors (Lipinski definition) is 1. The van der Waals surface area contributed by atoms with Gasteiger partial charge in [-0.25, -0.2) is 13.4 Å². The predicted molar refractivity (Wildman–Crippen MR) is 111 cm³/mol. The third-order valence-corrected chi connectivity index (χ3v) is 7.54. The Hall–Kier alpha value is -1.38. The summed E-state index contributed by atoms with van der Waals surface area (Å²) < 4.78 is 29.8. The Morgan fingerprint density at radius 1 is 1.04 bits per heavy atom. The van der Waals surface area contributed by atoms with E-state index in [2.05, 4.69) is 14.3 Å². The number of imidazole rings is 1. The standard InChI is InChI=1S/C17H12Cl3N3O2S2/c18-12-7-14(20)16(8-13(12)19)27(24,25)22-11-3-1-10(2-4-11)15-9-23-5-6-26-17(23)21-15/h1-4,7-9,22H,5-6H2. The highest BCUT2D eigenvalue weighted by Crippen LogP contribution is 2.33. The molecule has 1 aromatic heterocycles. The maximum absolute atomic E-state index is 12.6. The van der Waals surface area contributed by atoms with Crippen LogP contribution in [-0.2, 0) is 16.6 Å². The zero-order valence-corrected chi connectivity index (χ0v) is 17.5. The number of halogens is 3. The van der Waals surface area contributed by atoms with Gasteiger partial charge in [-0.05, 0) is 24.3 Å². The van der Waals surface area contributed by atoms with Crippen LogP contribution in [0.15, 0.2) is 52.6 Å². The molecule has 2 aromatic carbocycles. The number of benzene rings is 2. The number of fused-ring (bicyclic) bond motifs is 1. The van der Waals surface area contributed by atoms with Crippen LogP contribution >= 0.6 is 46.6 Å². The van der Waals surface area contributed by atoms with E-state index in [4.69, 9.17) is 34.8 Å². The lowest BCUT2D eigenvalue weighted by Gasteiger charge is -2.11. The maximum atomic E-state index is 12.6. The number of nitrogens with one attached hydrogen (secondary N) is 1. The molecule has 3 aromatic rings. The van der Waals surface area contributed by atoms with Crippen molar-refractivity contribution >= 4 is 62.3 Å². The van der Waals surface area contributed by atoms with Crippen LogP contribution in [0.4, 0.5) is 5.69 Å². The van der Waals surface area contributed by atoms with Crippen LogP contribution in [0.5, 0.6) is 0 Å². The Balaban J connectivity index is 1.58. The number of sulfonamides is 1. The Labute approximate surface area is 175 Å². The van der Waals surface area contributed by atoms with Gasteiger partial charge in [-0.15, -0.1) is 0 Å². The normalized spacial score (nSPS) is 13.6. The fourth-order valence-corrected chi connectivity index (χ4v) is 5.68. The van der Waals surface area contributed by atoms with Crippen molar-refractivity contribution in [1.82, 2.24) is 9.55 Å². The van der Waals surface area contributed by atoms with Crippen LogP contribution in [0.1, 0.15) is 0 Å². The largest absolute Gasteiger partial charge is 0.325 e. The number of thioether (sulfide) groups is 1. The van der Waals surface area contributed by atoms with E-state index in [9.17, 15) is 8.42 Å². The molecule has 1 aliphatic rings. The molecule has 0 radical (unpaired) electrons. The first-order chi connectivity index (χ1) is 12.8. The van der Waals surface area contributed by atoms with Crippen molar-refractivity contribution < 1.29 is 8.42 Å². The van der Waals surface area contributed by atoms with E-state index in [1.54, 1.807) is 23.9 Å². The first-order valence-corrected chi connectivity index (χ1v) is 11.4. The van der Waals surface area contributed by atoms with Crippen molar-refractivity contribution in [3.8, 4) is 11.3 Å². The molecule has 0 saturated heterocycles. The summed E-state index contributed by atoms with van der Waals surface area (Å²) in [6.45, 7) is 0.954. The molecule has 1 N–H and O–H groups in total. The minimum absolute atomic E-state index is 0.00135. The summed E-state index contributed by atoms with van der Waals surface area (Å²) in [6, 6.07) is 9.52. The van der Waals surface area contributed by atoms with Gasteiger partial charge in [-0.2, -0.15) is 0 Å². The second kappa shape index (κ2) is 7.22. The summed E-state index contributed by atoms with van der Waals surface area (Å²) in [5.74, 6) is 1.04. The first-order valence-electron chi connectivity index (χ1n) is 7.81. The molecule has 0 spiro atoms. The lowest BCUT2D eigenvalue weighted by molar-refractivity contribution is 0.601. The van der Waals surface area contributed by atoms with Gasteiger partial charge >= 0.3 is 0 Å². The number of aryl methyl sites for hydroxylation is 1. The van der Waals surface area contributed by atoms with Gasteiger partial charge in [0.15, 0.2) is 5.16 Å². The van der Waals surface area contributed by atoms with Crippen molar-refractivity contribution in [1.29, 1.82) is 0 Å². The molecule has 1 aliphatic heterocycles. The summed E-state index contributed by atoms with van der Waals surface area (Å²) in [7, 11) is -3.91. The van der Waals surface area contributed by atoms with Crippen molar-refractivity contribution in [2.75, 3.05) is 10.5 Å². The number of anilines is 1. The number of rotatable bonds is 4. The van der Waals surface area contributed by atoms with Gasteiger partial charge in [-0.3, -0.25) is 4.72 Å². The molecule has 0 amide bonds. The Morgan fingerprint density at radius 3 is 2.44 bits per heavy atom. The number of hydrogen-bond acceptors (Lipinski definition) is 4. The van der Waals surface area contributed by atoms with E-state index in [1.165, 1.54) is 12.1 Å². The highest BCUT2D eigenvalue weighted by atomic mass is 35.5. The van der Waals surface area contributed by atoms with Gasteiger partial charge in [0.2, 0.25) is 0 Å². The van der Waals surface area contributed by atoms with Crippen LogP contribution in [-0.4, -0.2) is 23.7 Å². The third kappa shape index (κ3) is 3.79. The number of nitrogens with zero attached hydrogens (tertiary/aromatic N) is 2. The quantitative estimate of drug-likeness (QED) is 0.528. The van der Waals surface area contributed by atoms with E-state index in [0.29, 0.717) is 5.69 Å². The SMILES string of the molecule is O=S(=O)(Nc1ccc(-c2cn3c(n2)SCC3)cc1)c1cc(Cl)c(Cl)cc1Cl. The second-order valence-corrected chi connectivity index (χ2v) is 9.76. The van der Waals surface area contributed by atoms with Crippen molar-refractivity contribution in [3.05, 3.63) is 57.7 Å². The fourth-order valence-electron chi connectivity index (χ4n) is 2.68. The fraction of sp³-hybridized carbons (Fsp3) is 0.118. The average molecular weight is 461 g/mol. The molecule has 2 heterocycles. The molecule has 4 rings (SSSR count). The van der Waals surface area contributed by atoms with Crippen molar-refractivity contribution in [2.24, 2.45) is 0 Å². The van der Waals surface area contributed by atoms with E-state index >= 15 is 0 Å². The lowest BCUT2D eigenvalue weighted by Crippen LogP contribution is -2.13. The Kier molecular flexibility index (Phi) is 5.07. The van der Waals surface area contributed by atoms with Crippen LogP contribution in [0, 0.1) is 0 Å². The monoisotopic (exact) mass is 459 g/mol. The van der Waals surface area contributed by atoms with E-state index < -0.39 is 10.0 Å². The maximum Gasteiger partial charge on any atom is 0.263 e. The predicted octanol–water partition coefficient (Wildman–Crippen LogP) is 5.42. The molecule has 0 bridgehead atoms. The van der Waals surface area contributed by atoms with Crippen LogP contribution in [0.2, 0.25) is 15.1 Å². The van der Waals surface area contributed by atoms with E-state index in [0.717, 1.165) is 28.7 Å². The van der Waals surface area contributed by atoms with Gasteiger partial charge in [0, 0.05) is 29.7 Å². The van der Waals surface area contributed by atoms with Gasteiger partial charge < -0.3 is 4.57 Å². The Bertz CT molecular complexity index is 1110. The topological polar surface area (TPSA) is 64.0 Å². The van der Waals surface area contributed by atoms with Crippen molar-refractivity contribution in [2.45, 2.75) is 16.6 Å². The third-order valence-electron chi connectivity index (χ3n) is 4.00. The summed E-state index contributed by atoms with van der Waals surface area (Å²) in [5.41, 5.74) is 2.18. The molecule has 10 heteroatoms. The summed E-state index contributed by atoms with van der Waals surface area (Å²) in [4.78, 5) is 4.45. The summed E-state index contributed by atoms with van der Waals surface area (Å²) >= 11 is 19.5. The van der Waals surface area contributed by atoms with E-state index in [-0.39, 0.29) is 20.0 Å². The molecular weight excluding hydrogens is 449 g/mol. The molecule has 5 nitrogen and oxygen atoms in total. The molecule has 0 atom stereocenters. The average Bonchev–Trinajstić information content (AvgIpc) is 3.20. The smallest absolute Gasteiger partial charge is 0.263 e. The van der Waals surface area contributed by atoms with Gasteiger partial charge in [0.05, 0.1) is 20.8 Å². The highest BCUT2D eigenvalue weighted by molar-refractivity contribution is 7.99. The molecule has 0 fully saturated rings. The molecule has 27 heavy (non-hydrogen) atoms. The minimum atomic E-state index is -3.91. The van der Waals surface area contributed by atoms with Crippen molar-refractivity contribution in [3.63, 3.8) is 0 Å². The van der Waals surface area contributed by atoms with Gasteiger partial charge in [-0.1, -0.05) is 58.7 Å². The van der Waals surface area contributed by atoms with Gasteiger partial charge in [0.1, 0.15) is 4.90 Å². The summed E-state index contributed by atoms with van der Waals surface area (Å²) in [5, 5.41) is 1.31. The van der Waals surface area contributed by atoms with E-state index in [1.807, 2.05) is 18.3 Å². The molecule has 0 saturated carbocycles. The minimum Gasteiger partial charge on any atom is -0.325 e. The molecule has 0 unspecified atom stereocenters. The van der Waals surface area contributed by atoms with Gasteiger partial charge in [0.25, 0.3) is 10.0 Å². The summed E-state index contributed by atoms with van der Waals surface area (Å²) in [6.07, 6.45) is 2.00. The molecular formula is C17H12Cl3N3O2S2. The zero-order valence-electron chi connectivity index (χ0n) is 13.6. The molecule has 0 aliphatic carbocycles. The van der Waals surface area contributed by atoms with Crippen LogP contribution < -0.4 is 4.72 Å². The second-order valence-electron chi connectivity index (χ2n) is 5.83.